The van der Waals surface area contributed by atoms with E-state index in [-0.39, 0.29) is 22.7 Å². The summed E-state index contributed by atoms with van der Waals surface area (Å²) >= 11 is 0. The fourth-order valence-electron chi connectivity index (χ4n) is 3.84. The Morgan fingerprint density at radius 1 is 1.14 bits per heavy atom. The van der Waals surface area contributed by atoms with Crippen LogP contribution in [-0.4, -0.2) is 73.2 Å². The molecule has 1 aliphatic heterocycles. The Hall–Kier alpha value is -3.17. The number of rotatable bonds is 9. The van der Waals surface area contributed by atoms with Gasteiger partial charge >= 0.3 is 12.1 Å². The van der Waals surface area contributed by atoms with Gasteiger partial charge in [-0.3, -0.25) is 19.1 Å². The van der Waals surface area contributed by atoms with E-state index in [0.29, 0.717) is 45.7 Å². The molecule has 202 valence electrons. The third kappa shape index (κ3) is 6.78. The van der Waals surface area contributed by atoms with Crippen LogP contribution in [0.5, 0.6) is 5.75 Å². The highest BCUT2D eigenvalue weighted by Gasteiger charge is 2.38. The van der Waals surface area contributed by atoms with Gasteiger partial charge in [0.2, 0.25) is 0 Å². The molecular weight excluding hydrogens is 521 g/mol. The van der Waals surface area contributed by atoms with Crippen LogP contribution < -0.4 is 21.3 Å². The maximum absolute atomic E-state index is 12.9. The van der Waals surface area contributed by atoms with Crippen LogP contribution in [0.4, 0.5) is 13.2 Å². The standard InChI is InChI=1S/C22H25F3N4O7S/c23-22(24,25)36-18-11-16(37(33,34)15-3-4-15)2-1-14(18)13-26-20(31)17-12-19(30)29(21(32)27-17)6-5-28-7-9-35-10-8-28/h1-2,11-12,15H,3-10,13H2,(H,26,31)(H,27,32). The van der Waals surface area contributed by atoms with Gasteiger partial charge in [-0.05, 0) is 25.0 Å². The average molecular weight is 547 g/mol. The molecule has 1 saturated carbocycles. The molecule has 1 amide bonds. The lowest BCUT2D eigenvalue weighted by Crippen LogP contribution is -2.43. The van der Waals surface area contributed by atoms with Crippen LogP contribution in [0.2, 0.25) is 0 Å². The molecule has 0 unspecified atom stereocenters. The van der Waals surface area contributed by atoms with Crippen molar-refractivity contribution in [1.29, 1.82) is 0 Å². The molecule has 1 aromatic heterocycles. The number of hydrogen-bond donors (Lipinski definition) is 2. The predicted molar refractivity (Wildman–Crippen MR) is 123 cm³/mol. The number of nitrogens with one attached hydrogen (secondary N) is 2. The van der Waals surface area contributed by atoms with Crippen molar-refractivity contribution in [3.05, 3.63) is 56.4 Å². The SMILES string of the molecule is O=C(NCc1ccc(S(=O)(=O)C2CC2)cc1OC(F)(F)F)c1cc(=O)n(CCN2CCOCC2)c(=O)[nH]1. The highest BCUT2D eigenvalue weighted by Crippen LogP contribution is 2.36. The lowest BCUT2D eigenvalue weighted by Gasteiger charge is -2.26. The highest BCUT2D eigenvalue weighted by atomic mass is 32.2. The molecule has 15 heteroatoms. The zero-order valence-electron chi connectivity index (χ0n) is 19.5. The van der Waals surface area contributed by atoms with Crippen LogP contribution >= 0.6 is 0 Å². The summed E-state index contributed by atoms with van der Waals surface area (Å²) < 4.78 is 73.9. The first kappa shape index (κ1) is 26.9. The van der Waals surface area contributed by atoms with Crippen LogP contribution in [0.15, 0.2) is 38.8 Å². The Balaban J connectivity index is 1.47. The third-order valence-electron chi connectivity index (χ3n) is 6.00. The Kier molecular flexibility index (Phi) is 7.75. The fourth-order valence-corrected chi connectivity index (χ4v) is 5.51. The number of aromatic nitrogens is 2. The number of hydrogen-bond acceptors (Lipinski definition) is 8. The van der Waals surface area contributed by atoms with Gasteiger partial charge in [0.25, 0.3) is 11.5 Å². The minimum absolute atomic E-state index is 0.102. The molecule has 0 spiro atoms. The number of alkyl halides is 3. The van der Waals surface area contributed by atoms with Crippen molar-refractivity contribution in [2.75, 3.05) is 32.8 Å². The van der Waals surface area contributed by atoms with E-state index in [1.165, 1.54) is 0 Å². The lowest BCUT2D eigenvalue weighted by atomic mass is 10.2. The van der Waals surface area contributed by atoms with Gasteiger partial charge < -0.3 is 19.8 Å². The molecule has 2 aromatic rings. The largest absolute Gasteiger partial charge is 0.573 e. The van der Waals surface area contributed by atoms with E-state index in [2.05, 4.69) is 15.0 Å². The maximum Gasteiger partial charge on any atom is 0.573 e. The summed E-state index contributed by atoms with van der Waals surface area (Å²) in [4.78, 5) is 41.4. The van der Waals surface area contributed by atoms with Gasteiger partial charge in [-0.25, -0.2) is 13.2 Å². The molecule has 1 aromatic carbocycles. The monoisotopic (exact) mass is 546 g/mol. The van der Waals surface area contributed by atoms with E-state index in [1.807, 2.05) is 4.90 Å². The number of nitrogens with zero attached hydrogens (tertiary/aromatic N) is 2. The summed E-state index contributed by atoms with van der Waals surface area (Å²) in [5.74, 6) is -1.69. The van der Waals surface area contributed by atoms with Crippen molar-refractivity contribution in [3.8, 4) is 5.75 Å². The van der Waals surface area contributed by atoms with E-state index >= 15 is 0 Å². The van der Waals surface area contributed by atoms with E-state index in [4.69, 9.17) is 4.74 Å². The lowest BCUT2D eigenvalue weighted by molar-refractivity contribution is -0.275. The Bertz CT molecular complexity index is 1350. The van der Waals surface area contributed by atoms with E-state index in [9.17, 15) is 36.0 Å². The number of aromatic amines is 1. The summed E-state index contributed by atoms with van der Waals surface area (Å²) in [6.45, 7) is 2.49. The first-order valence-corrected chi connectivity index (χ1v) is 13.0. The summed E-state index contributed by atoms with van der Waals surface area (Å²) in [6, 6.07) is 3.97. The number of halogens is 3. The maximum atomic E-state index is 12.9. The minimum atomic E-state index is -5.10. The molecule has 4 rings (SSSR count). The second-order valence-electron chi connectivity index (χ2n) is 8.68. The molecule has 2 heterocycles. The molecule has 1 aliphatic carbocycles. The van der Waals surface area contributed by atoms with Crippen molar-refractivity contribution >= 4 is 15.7 Å². The van der Waals surface area contributed by atoms with Crippen molar-refractivity contribution in [2.24, 2.45) is 0 Å². The molecule has 0 bridgehead atoms. The van der Waals surface area contributed by atoms with Crippen LogP contribution in [0.1, 0.15) is 28.9 Å². The molecular formula is C22H25F3N4O7S. The van der Waals surface area contributed by atoms with Crippen LogP contribution in [0.3, 0.4) is 0 Å². The Morgan fingerprint density at radius 2 is 1.84 bits per heavy atom. The van der Waals surface area contributed by atoms with Crippen molar-refractivity contribution in [1.82, 2.24) is 19.8 Å². The fraction of sp³-hybridized carbons (Fsp3) is 0.500. The summed E-state index contributed by atoms with van der Waals surface area (Å²) in [5, 5.41) is 1.68. The molecule has 0 atom stereocenters. The summed E-state index contributed by atoms with van der Waals surface area (Å²) in [6.07, 6.45) is -4.24. The number of sulfone groups is 1. The van der Waals surface area contributed by atoms with Gasteiger partial charge in [0.15, 0.2) is 9.84 Å². The highest BCUT2D eigenvalue weighted by molar-refractivity contribution is 7.92. The molecule has 11 nitrogen and oxygen atoms in total. The molecule has 37 heavy (non-hydrogen) atoms. The quantitative estimate of drug-likeness (QED) is 0.467. The van der Waals surface area contributed by atoms with Gasteiger partial charge in [-0.15, -0.1) is 13.2 Å². The smallest absolute Gasteiger partial charge is 0.405 e. The second-order valence-corrected chi connectivity index (χ2v) is 10.9. The number of carbonyl (C=O) groups excluding carboxylic acids is 1. The van der Waals surface area contributed by atoms with Gasteiger partial charge in [0, 0.05) is 44.4 Å². The number of morpholine rings is 1. The summed E-state index contributed by atoms with van der Waals surface area (Å²) in [7, 11) is -3.78. The Morgan fingerprint density at radius 3 is 2.46 bits per heavy atom. The molecule has 2 fully saturated rings. The number of amides is 1. The zero-order valence-corrected chi connectivity index (χ0v) is 20.4. The molecule has 2 aliphatic rings. The number of benzene rings is 1. The first-order chi connectivity index (χ1) is 17.4. The van der Waals surface area contributed by atoms with Crippen molar-refractivity contribution in [3.63, 3.8) is 0 Å². The predicted octanol–water partition coefficient (Wildman–Crippen LogP) is 0.634. The van der Waals surface area contributed by atoms with E-state index < -0.39 is 50.9 Å². The van der Waals surface area contributed by atoms with Crippen molar-refractivity contribution < 1.29 is 35.9 Å². The van der Waals surface area contributed by atoms with Crippen LogP contribution in [-0.2, 0) is 27.7 Å². The summed E-state index contributed by atoms with van der Waals surface area (Å²) in [5.41, 5.74) is -2.04. The second kappa shape index (κ2) is 10.7. The van der Waals surface area contributed by atoms with Gasteiger partial charge in [0.05, 0.1) is 23.4 Å². The number of carbonyl (C=O) groups is 1. The average Bonchev–Trinajstić information content (AvgIpc) is 3.68. The minimum Gasteiger partial charge on any atom is -0.405 e. The third-order valence-corrected chi connectivity index (χ3v) is 8.26. The zero-order chi connectivity index (χ0) is 26.8. The van der Waals surface area contributed by atoms with Gasteiger partial charge in [0.1, 0.15) is 11.4 Å². The molecule has 0 radical (unpaired) electrons. The van der Waals surface area contributed by atoms with E-state index in [0.717, 1.165) is 28.8 Å². The topological polar surface area (TPSA) is 140 Å². The Labute approximate surface area is 209 Å². The van der Waals surface area contributed by atoms with E-state index in [1.54, 1.807) is 0 Å². The number of ether oxygens (including phenoxy) is 2. The molecule has 1 saturated heterocycles. The van der Waals surface area contributed by atoms with Gasteiger partial charge in [-0.2, -0.15) is 0 Å². The van der Waals surface area contributed by atoms with Gasteiger partial charge in [-0.1, -0.05) is 6.07 Å². The normalized spacial score (nSPS) is 16.9. The number of H-pyrrole nitrogens is 1. The van der Waals surface area contributed by atoms with Crippen molar-refractivity contribution in [2.45, 2.75) is 42.4 Å². The van der Waals surface area contributed by atoms with Crippen LogP contribution in [0.25, 0.3) is 0 Å². The first-order valence-electron chi connectivity index (χ1n) is 11.5. The van der Waals surface area contributed by atoms with Crippen LogP contribution in [0, 0.1) is 0 Å². The molecule has 2 N–H and O–H groups in total.